The molecule has 0 bridgehead atoms. The lowest BCUT2D eigenvalue weighted by Crippen LogP contribution is -2.37. The van der Waals surface area contributed by atoms with Gasteiger partial charge in [-0.15, -0.1) is 0 Å². The van der Waals surface area contributed by atoms with E-state index in [0.717, 1.165) is 25.8 Å². The highest BCUT2D eigenvalue weighted by molar-refractivity contribution is 5.96. The Morgan fingerprint density at radius 1 is 0.935 bits per heavy atom. The van der Waals surface area contributed by atoms with Crippen molar-refractivity contribution in [3.05, 3.63) is 41.0 Å². The van der Waals surface area contributed by atoms with Crippen LogP contribution >= 0.6 is 0 Å². The van der Waals surface area contributed by atoms with E-state index in [1.807, 2.05) is 0 Å². The third-order valence-corrected chi connectivity index (χ3v) is 6.40. The van der Waals surface area contributed by atoms with Gasteiger partial charge in [0.1, 0.15) is 0 Å². The number of anilines is 1. The van der Waals surface area contributed by atoms with Crippen molar-refractivity contribution in [1.82, 2.24) is 0 Å². The number of carbonyl (C=O) groups is 1. The SMILES string of the molecule is CCCN(C(=O)CC1C=CCCC1)c1c(C(C)(C)C)cc(C(C)(C)C)cc1C(C)(C)C. The monoisotopic (exact) mass is 425 g/mol. The third-order valence-electron chi connectivity index (χ3n) is 6.40. The summed E-state index contributed by atoms with van der Waals surface area (Å²) in [5, 5.41) is 0. The number of carbonyl (C=O) groups excluding carboxylic acids is 1. The number of allylic oxidation sites excluding steroid dienone is 2. The molecule has 31 heavy (non-hydrogen) atoms. The molecule has 0 N–H and O–H groups in total. The van der Waals surface area contributed by atoms with E-state index in [2.05, 4.69) is 98.4 Å². The number of hydrogen-bond acceptors (Lipinski definition) is 1. The van der Waals surface area contributed by atoms with Gasteiger partial charge in [0.05, 0.1) is 5.69 Å². The lowest BCUT2D eigenvalue weighted by molar-refractivity contribution is -0.119. The zero-order valence-electron chi connectivity index (χ0n) is 22.0. The van der Waals surface area contributed by atoms with E-state index in [4.69, 9.17) is 0 Å². The highest BCUT2D eigenvalue weighted by Gasteiger charge is 2.33. The predicted octanol–water partition coefficient (Wildman–Crippen LogP) is 8.07. The summed E-state index contributed by atoms with van der Waals surface area (Å²) in [6.45, 7) is 23.5. The molecule has 2 rings (SSSR count). The minimum absolute atomic E-state index is 0.0480. The lowest BCUT2D eigenvalue weighted by atomic mass is 9.73. The summed E-state index contributed by atoms with van der Waals surface area (Å²) in [6, 6.07) is 4.75. The molecule has 0 saturated carbocycles. The summed E-state index contributed by atoms with van der Waals surface area (Å²) in [5.74, 6) is 0.656. The average molecular weight is 426 g/mol. The van der Waals surface area contributed by atoms with Crippen molar-refractivity contribution in [2.24, 2.45) is 5.92 Å². The molecule has 0 heterocycles. The first kappa shape index (κ1) is 25.7. The fourth-order valence-electron chi connectivity index (χ4n) is 4.47. The van der Waals surface area contributed by atoms with Crippen LogP contribution in [0.1, 0.15) is 118 Å². The van der Waals surface area contributed by atoms with E-state index >= 15 is 0 Å². The molecule has 1 aromatic carbocycles. The molecule has 1 unspecified atom stereocenters. The molecule has 1 aliphatic rings. The van der Waals surface area contributed by atoms with Gasteiger partial charge in [0.25, 0.3) is 0 Å². The van der Waals surface area contributed by atoms with Gasteiger partial charge >= 0.3 is 0 Å². The van der Waals surface area contributed by atoms with E-state index < -0.39 is 0 Å². The molecule has 1 atom stereocenters. The summed E-state index contributed by atoms with van der Waals surface area (Å²) in [4.78, 5) is 15.9. The predicted molar refractivity (Wildman–Crippen MR) is 136 cm³/mol. The van der Waals surface area contributed by atoms with Crippen LogP contribution in [-0.2, 0) is 21.0 Å². The summed E-state index contributed by atoms with van der Waals surface area (Å²) < 4.78 is 0. The second-order valence-corrected chi connectivity index (χ2v) is 12.5. The summed E-state index contributed by atoms with van der Waals surface area (Å²) >= 11 is 0. The van der Waals surface area contributed by atoms with Gasteiger partial charge in [0.2, 0.25) is 5.91 Å². The van der Waals surface area contributed by atoms with E-state index in [9.17, 15) is 4.79 Å². The maximum Gasteiger partial charge on any atom is 0.227 e. The molecule has 2 heteroatoms. The lowest BCUT2D eigenvalue weighted by Gasteiger charge is -2.38. The van der Waals surface area contributed by atoms with Crippen molar-refractivity contribution < 1.29 is 4.79 Å². The minimum atomic E-state index is -0.0480. The molecule has 174 valence electrons. The molecule has 0 spiro atoms. The first-order valence-corrected chi connectivity index (χ1v) is 12.3. The Morgan fingerprint density at radius 3 is 1.87 bits per heavy atom. The summed E-state index contributed by atoms with van der Waals surface area (Å²) in [5.41, 5.74) is 5.08. The Labute approximate surface area is 192 Å². The Hall–Kier alpha value is -1.57. The summed E-state index contributed by atoms with van der Waals surface area (Å²) in [6.07, 6.45) is 9.58. The molecule has 0 radical (unpaired) electrons. The van der Waals surface area contributed by atoms with E-state index in [0.29, 0.717) is 12.3 Å². The van der Waals surface area contributed by atoms with Crippen molar-refractivity contribution in [2.75, 3.05) is 11.4 Å². The standard InChI is InChI=1S/C29H47NO/c1-11-17-30(25(31)18-21-15-13-12-14-16-21)26-23(28(5,6)7)19-22(27(2,3)4)20-24(26)29(8,9)10/h13,15,19-21H,11-12,14,16-18H2,1-10H3. The van der Waals surface area contributed by atoms with Crippen LogP contribution in [0.15, 0.2) is 24.3 Å². The zero-order valence-corrected chi connectivity index (χ0v) is 22.0. The van der Waals surface area contributed by atoms with Crippen LogP contribution in [0, 0.1) is 5.92 Å². The van der Waals surface area contributed by atoms with Gasteiger partial charge in [-0.1, -0.05) is 93.5 Å². The first-order valence-electron chi connectivity index (χ1n) is 12.3. The highest BCUT2D eigenvalue weighted by Crippen LogP contribution is 2.43. The van der Waals surface area contributed by atoms with Crippen LogP contribution in [0.2, 0.25) is 0 Å². The van der Waals surface area contributed by atoms with E-state index in [1.165, 1.54) is 28.8 Å². The minimum Gasteiger partial charge on any atom is -0.312 e. The smallest absolute Gasteiger partial charge is 0.227 e. The van der Waals surface area contributed by atoms with Crippen LogP contribution in [0.4, 0.5) is 5.69 Å². The van der Waals surface area contributed by atoms with Crippen molar-refractivity contribution in [3.8, 4) is 0 Å². The van der Waals surface area contributed by atoms with Gasteiger partial charge in [-0.25, -0.2) is 0 Å². The van der Waals surface area contributed by atoms with Crippen LogP contribution in [-0.4, -0.2) is 12.5 Å². The molecular weight excluding hydrogens is 378 g/mol. The van der Waals surface area contributed by atoms with Gasteiger partial charge < -0.3 is 4.90 Å². The maximum absolute atomic E-state index is 13.7. The Balaban J connectivity index is 2.71. The topological polar surface area (TPSA) is 20.3 Å². The maximum atomic E-state index is 13.7. The van der Waals surface area contributed by atoms with Crippen molar-refractivity contribution >= 4 is 11.6 Å². The number of hydrogen-bond donors (Lipinski definition) is 0. The fraction of sp³-hybridized carbons (Fsp3) is 0.690. The quantitative estimate of drug-likeness (QED) is 0.437. The summed E-state index contributed by atoms with van der Waals surface area (Å²) in [7, 11) is 0. The largest absolute Gasteiger partial charge is 0.312 e. The Bertz CT molecular complexity index is 760. The fourth-order valence-corrected chi connectivity index (χ4v) is 4.47. The van der Waals surface area contributed by atoms with Gasteiger partial charge in [0.15, 0.2) is 0 Å². The molecule has 1 aromatic rings. The van der Waals surface area contributed by atoms with E-state index in [1.54, 1.807) is 0 Å². The second-order valence-electron chi connectivity index (χ2n) is 12.5. The Morgan fingerprint density at radius 2 is 1.48 bits per heavy atom. The highest BCUT2D eigenvalue weighted by atomic mass is 16.2. The third kappa shape index (κ3) is 6.46. The van der Waals surface area contributed by atoms with Crippen molar-refractivity contribution in [1.29, 1.82) is 0 Å². The molecule has 1 amide bonds. The second kappa shape index (κ2) is 9.51. The van der Waals surface area contributed by atoms with Gasteiger partial charge in [-0.2, -0.15) is 0 Å². The first-order chi connectivity index (χ1) is 14.2. The number of nitrogens with zero attached hydrogens (tertiary/aromatic N) is 1. The molecule has 0 fully saturated rings. The molecule has 0 aromatic heterocycles. The van der Waals surface area contributed by atoms with Crippen LogP contribution in [0.3, 0.4) is 0 Å². The van der Waals surface area contributed by atoms with Gasteiger partial charge in [0, 0.05) is 13.0 Å². The van der Waals surface area contributed by atoms with E-state index in [-0.39, 0.29) is 22.2 Å². The molecule has 0 saturated heterocycles. The molecule has 2 nitrogen and oxygen atoms in total. The number of benzene rings is 1. The Kier molecular flexibility index (Phi) is 7.88. The van der Waals surface area contributed by atoms with Gasteiger partial charge in [-0.05, 0) is 64.5 Å². The van der Waals surface area contributed by atoms with Crippen LogP contribution < -0.4 is 4.90 Å². The van der Waals surface area contributed by atoms with Gasteiger partial charge in [-0.3, -0.25) is 4.79 Å². The number of rotatable bonds is 5. The van der Waals surface area contributed by atoms with Crippen LogP contribution in [0.5, 0.6) is 0 Å². The zero-order chi connectivity index (χ0) is 23.6. The normalized spacial score (nSPS) is 17.7. The van der Waals surface area contributed by atoms with Crippen molar-refractivity contribution in [2.45, 2.75) is 118 Å². The molecular formula is C29H47NO. The average Bonchev–Trinajstić information content (AvgIpc) is 2.63. The van der Waals surface area contributed by atoms with Crippen molar-refractivity contribution in [3.63, 3.8) is 0 Å². The molecule has 0 aliphatic heterocycles. The molecule has 1 aliphatic carbocycles. The number of amides is 1. The van der Waals surface area contributed by atoms with Crippen LogP contribution in [0.25, 0.3) is 0 Å².